The van der Waals surface area contributed by atoms with Gasteiger partial charge in [-0.3, -0.25) is 9.59 Å². The Hall–Kier alpha value is -2.21. The Labute approximate surface area is 158 Å². The molecule has 3 aliphatic heterocycles. The number of hydrogen-bond acceptors (Lipinski definition) is 4. The Kier molecular flexibility index (Phi) is 4.76. The molecule has 3 aliphatic rings. The number of carbonyl (C=O) groups excluding carboxylic acids is 2. The van der Waals surface area contributed by atoms with Crippen molar-refractivity contribution in [2.45, 2.75) is 51.0 Å². The van der Waals surface area contributed by atoms with E-state index >= 15 is 0 Å². The van der Waals surface area contributed by atoms with Gasteiger partial charge in [-0.1, -0.05) is 24.3 Å². The monoisotopic (exact) mass is 373 g/mol. The highest BCUT2D eigenvalue weighted by Crippen LogP contribution is 2.42. The molecule has 4 rings (SSSR count). The Morgan fingerprint density at radius 2 is 1.93 bits per heavy atom. The SMILES string of the molecule is CC(C)OC(=O)[C@@H]1CCN(C(=O)[C@@H]2C[C@@H]3C=C[C@@H]2O3)[C@@H]1c1ccc(F)cc1. The van der Waals surface area contributed by atoms with Crippen LogP contribution in [0.5, 0.6) is 0 Å². The van der Waals surface area contributed by atoms with E-state index in [0.717, 1.165) is 5.56 Å². The molecule has 0 unspecified atom stereocenters. The van der Waals surface area contributed by atoms with Crippen LogP contribution in [-0.4, -0.2) is 41.6 Å². The molecule has 144 valence electrons. The minimum atomic E-state index is -0.447. The molecule has 1 aromatic carbocycles. The van der Waals surface area contributed by atoms with Gasteiger partial charge in [0.1, 0.15) is 5.82 Å². The predicted molar refractivity (Wildman–Crippen MR) is 96.1 cm³/mol. The molecule has 2 saturated heterocycles. The summed E-state index contributed by atoms with van der Waals surface area (Å²) in [4.78, 5) is 27.7. The summed E-state index contributed by atoms with van der Waals surface area (Å²) in [6.45, 7) is 4.10. The Morgan fingerprint density at radius 3 is 2.52 bits per heavy atom. The third kappa shape index (κ3) is 3.38. The van der Waals surface area contributed by atoms with Crippen molar-refractivity contribution in [2.24, 2.45) is 11.8 Å². The highest BCUT2D eigenvalue weighted by molar-refractivity contribution is 5.83. The summed E-state index contributed by atoms with van der Waals surface area (Å²) >= 11 is 0. The van der Waals surface area contributed by atoms with Crippen molar-refractivity contribution in [1.82, 2.24) is 4.90 Å². The van der Waals surface area contributed by atoms with Gasteiger partial charge in [-0.15, -0.1) is 0 Å². The molecule has 1 amide bonds. The van der Waals surface area contributed by atoms with E-state index in [2.05, 4.69) is 0 Å². The number of carbonyl (C=O) groups is 2. The van der Waals surface area contributed by atoms with E-state index in [-0.39, 0.29) is 41.9 Å². The number of amides is 1. The van der Waals surface area contributed by atoms with Crippen molar-refractivity contribution < 1.29 is 23.5 Å². The summed E-state index contributed by atoms with van der Waals surface area (Å²) in [5.41, 5.74) is 0.757. The fourth-order valence-electron chi connectivity index (χ4n) is 4.41. The maximum absolute atomic E-state index is 13.4. The highest BCUT2D eigenvalue weighted by atomic mass is 19.1. The zero-order chi connectivity index (χ0) is 19.1. The molecular weight excluding hydrogens is 349 g/mol. The number of likely N-dealkylation sites (tertiary alicyclic amines) is 1. The molecule has 0 N–H and O–H groups in total. The van der Waals surface area contributed by atoms with Gasteiger partial charge >= 0.3 is 5.97 Å². The first-order valence-electron chi connectivity index (χ1n) is 9.54. The molecule has 2 fully saturated rings. The molecule has 0 aromatic heterocycles. The van der Waals surface area contributed by atoms with Crippen LogP contribution in [0.15, 0.2) is 36.4 Å². The number of benzene rings is 1. The van der Waals surface area contributed by atoms with Crippen molar-refractivity contribution in [3.8, 4) is 0 Å². The zero-order valence-electron chi connectivity index (χ0n) is 15.5. The Bertz CT molecular complexity index is 760. The van der Waals surface area contributed by atoms with E-state index in [1.54, 1.807) is 17.0 Å². The summed E-state index contributed by atoms with van der Waals surface area (Å²) < 4.78 is 24.6. The summed E-state index contributed by atoms with van der Waals surface area (Å²) in [5.74, 6) is -1.32. The molecule has 0 aliphatic carbocycles. The van der Waals surface area contributed by atoms with Crippen LogP contribution >= 0.6 is 0 Å². The number of esters is 1. The third-order valence-electron chi connectivity index (χ3n) is 5.59. The predicted octanol–water partition coefficient (Wildman–Crippen LogP) is 3.01. The van der Waals surface area contributed by atoms with Gasteiger partial charge in [-0.05, 0) is 44.4 Å². The van der Waals surface area contributed by atoms with E-state index in [1.807, 2.05) is 26.0 Å². The highest BCUT2D eigenvalue weighted by Gasteiger charge is 2.48. The van der Waals surface area contributed by atoms with Crippen LogP contribution in [0.4, 0.5) is 4.39 Å². The average molecular weight is 373 g/mol. The van der Waals surface area contributed by atoms with E-state index in [1.165, 1.54) is 12.1 Å². The standard InChI is InChI=1S/C21H24FNO4/c1-12(2)26-21(25)16-9-10-23(19(16)13-3-5-14(22)6-4-13)20(24)17-11-15-7-8-18(17)27-15/h3-8,12,15-19H,9-11H2,1-2H3/t15-,16+,17+,18-,19+/m0/s1. The smallest absolute Gasteiger partial charge is 0.311 e. The van der Waals surface area contributed by atoms with Crippen LogP contribution < -0.4 is 0 Å². The number of fused-ring (bicyclic) bond motifs is 2. The van der Waals surface area contributed by atoms with Crippen molar-refractivity contribution in [3.63, 3.8) is 0 Å². The van der Waals surface area contributed by atoms with Crippen LogP contribution in [0.1, 0.15) is 38.3 Å². The third-order valence-corrected chi connectivity index (χ3v) is 5.59. The van der Waals surface area contributed by atoms with Gasteiger partial charge < -0.3 is 14.4 Å². The van der Waals surface area contributed by atoms with Crippen molar-refractivity contribution in [1.29, 1.82) is 0 Å². The van der Waals surface area contributed by atoms with E-state index in [9.17, 15) is 14.0 Å². The molecule has 5 nitrogen and oxygen atoms in total. The first kappa shape index (κ1) is 18.2. The van der Waals surface area contributed by atoms with Gasteiger partial charge in [0, 0.05) is 6.54 Å². The second-order valence-electron chi connectivity index (χ2n) is 7.78. The fourth-order valence-corrected chi connectivity index (χ4v) is 4.41. The van der Waals surface area contributed by atoms with Crippen molar-refractivity contribution in [3.05, 3.63) is 47.8 Å². The molecule has 0 saturated carbocycles. The van der Waals surface area contributed by atoms with Crippen LogP contribution in [-0.2, 0) is 19.1 Å². The normalized spacial score (nSPS) is 31.7. The van der Waals surface area contributed by atoms with Crippen LogP contribution in [0, 0.1) is 17.7 Å². The summed E-state index contributed by atoms with van der Waals surface area (Å²) in [6.07, 6.45) is 4.77. The molecule has 0 spiro atoms. The lowest BCUT2D eigenvalue weighted by Gasteiger charge is -2.31. The molecular formula is C21H24FNO4. The zero-order valence-corrected chi connectivity index (χ0v) is 15.5. The Balaban J connectivity index is 1.61. The van der Waals surface area contributed by atoms with Gasteiger partial charge in [0.25, 0.3) is 0 Å². The first-order chi connectivity index (χ1) is 12.9. The number of rotatable bonds is 4. The number of nitrogens with zero attached hydrogens (tertiary/aromatic N) is 1. The average Bonchev–Trinajstić information content (AvgIpc) is 3.36. The number of hydrogen-bond donors (Lipinski definition) is 0. The van der Waals surface area contributed by atoms with Gasteiger partial charge in [-0.2, -0.15) is 0 Å². The maximum Gasteiger partial charge on any atom is 0.311 e. The molecule has 2 bridgehead atoms. The molecule has 27 heavy (non-hydrogen) atoms. The van der Waals surface area contributed by atoms with E-state index < -0.39 is 12.0 Å². The second kappa shape index (κ2) is 7.08. The minimum Gasteiger partial charge on any atom is -0.463 e. The van der Waals surface area contributed by atoms with E-state index in [4.69, 9.17) is 9.47 Å². The maximum atomic E-state index is 13.4. The molecule has 6 heteroatoms. The van der Waals surface area contributed by atoms with Crippen molar-refractivity contribution in [2.75, 3.05) is 6.54 Å². The molecule has 5 atom stereocenters. The number of halogens is 1. The van der Waals surface area contributed by atoms with Gasteiger partial charge in [-0.25, -0.2) is 4.39 Å². The molecule has 0 radical (unpaired) electrons. The second-order valence-corrected chi connectivity index (χ2v) is 7.78. The molecule has 1 aromatic rings. The first-order valence-corrected chi connectivity index (χ1v) is 9.54. The quantitative estimate of drug-likeness (QED) is 0.601. The summed E-state index contributed by atoms with van der Waals surface area (Å²) in [5, 5.41) is 0. The lowest BCUT2D eigenvalue weighted by atomic mass is 9.90. The summed E-state index contributed by atoms with van der Waals surface area (Å²) in [7, 11) is 0. The largest absolute Gasteiger partial charge is 0.463 e. The topological polar surface area (TPSA) is 55.8 Å². The summed E-state index contributed by atoms with van der Waals surface area (Å²) in [6, 6.07) is 5.60. The number of ether oxygens (including phenoxy) is 2. The lowest BCUT2D eigenvalue weighted by molar-refractivity contribution is -0.154. The van der Waals surface area contributed by atoms with Crippen LogP contribution in [0.25, 0.3) is 0 Å². The minimum absolute atomic E-state index is 0.000946. The van der Waals surface area contributed by atoms with E-state index in [0.29, 0.717) is 19.4 Å². The lowest BCUT2D eigenvalue weighted by Crippen LogP contribution is -2.40. The Morgan fingerprint density at radius 1 is 1.19 bits per heavy atom. The van der Waals surface area contributed by atoms with Crippen LogP contribution in [0.2, 0.25) is 0 Å². The van der Waals surface area contributed by atoms with Crippen molar-refractivity contribution >= 4 is 11.9 Å². The van der Waals surface area contributed by atoms with Crippen LogP contribution in [0.3, 0.4) is 0 Å². The molecule has 3 heterocycles. The van der Waals surface area contributed by atoms with Gasteiger partial charge in [0.15, 0.2) is 0 Å². The van der Waals surface area contributed by atoms with Gasteiger partial charge in [0.05, 0.1) is 36.2 Å². The van der Waals surface area contributed by atoms with Gasteiger partial charge in [0.2, 0.25) is 5.91 Å². The fraction of sp³-hybridized carbons (Fsp3) is 0.524.